The molecule has 2 rings (SSSR count). The van der Waals surface area contributed by atoms with E-state index in [1.165, 1.54) is 0 Å². The van der Waals surface area contributed by atoms with Crippen LogP contribution in [0, 0.1) is 5.92 Å². The Morgan fingerprint density at radius 1 is 1.39 bits per heavy atom. The Balaban J connectivity index is 1.94. The highest BCUT2D eigenvalue weighted by Crippen LogP contribution is 2.23. The van der Waals surface area contributed by atoms with Gasteiger partial charge in [0.05, 0.1) is 7.11 Å². The normalized spacial score (nSPS) is 19.3. The number of ether oxygens (including phenoxy) is 1. The summed E-state index contributed by atoms with van der Waals surface area (Å²) in [5.74, 6) is 1.31. The number of likely N-dealkylation sites (tertiary alicyclic amines) is 1. The van der Waals surface area contributed by atoms with Gasteiger partial charge in [-0.3, -0.25) is 4.79 Å². The third kappa shape index (κ3) is 3.01. The van der Waals surface area contributed by atoms with Gasteiger partial charge in [-0.1, -0.05) is 12.1 Å². The average Bonchev–Trinajstić information content (AvgIpc) is 2.71. The number of hydrogen-bond acceptors (Lipinski definition) is 3. The van der Waals surface area contributed by atoms with Gasteiger partial charge in [0.1, 0.15) is 5.75 Å². The van der Waals surface area contributed by atoms with E-state index >= 15 is 0 Å². The SMILES string of the molecule is COc1ccc(CN2C[C@@H](CCO)CC2=O)cc1. The van der Waals surface area contributed by atoms with E-state index in [0.717, 1.165) is 17.9 Å². The van der Waals surface area contributed by atoms with Crippen LogP contribution in [0.15, 0.2) is 24.3 Å². The first-order valence-corrected chi connectivity index (χ1v) is 6.24. The van der Waals surface area contributed by atoms with E-state index < -0.39 is 0 Å². The molecule has 1 fully saturated rings. The number of hydrogen-bond donors (Lipinski definition) is 1. The highest BCUT2D eigenvalue weighted by Gasteiger charge is 2.28. The molecule has 0 radical (unpaired) electrons. The standard InChI is InChI=1S/C14H19NO3/c1-18-13-4-2-11(3-5-13)9-15-10-12(6-7-16)8-14(15)17/h2-5,12,16H,6-10H2,1H3/t12-/m0/s1. The quantitative estimate of drug-likeness (QED) is 0.858. The minimum Gasteiger partial charge on any atom is -0.497 e. The summed E-state index contributed by atoms with van der Waals surface area (Å²) in [6.07, 6.45) is 1.28. The van der Waals surface area contributed by atoms with Gasteiger partial charge in [-0.15, -0.1) is 0 Å². The van der Waals surface area contributed by atoms with E-state index in [0.29, 0.717) is 25.3 Å². The van der Waals surface area contributed by atoms with Crippen LogP contribution < -0.4 is 4.74 Å². The molecule has 0 aliphatic carbocycles. The van der Waals surface area contributed by atoms with Crippen LogP contribution in [0.4, 0.5) is 0 Å². The Labute approximate surface area is 107 Å². The Morgan fingerprint density at radius 3 is 2.72 bits per heavy atom. The van der Waals surface area contributed by atoms with Crippen LogP contribution in [-0.4, -0.2) is 36.2 Å². The van der Waals surface area contributed by atoms with Crippen molar-refractivity contribution in [3.05, 3.63) is 29.8 Å². The van der Waals surface area contributed by atoms with E-state index in [4.69, 9.17) is 9.84 Å². The van der Waals surface area contributed by atoms with Crippen molar-refractivity contribution in [2.24, 2.45) is 5.92 Å². The lowest BCUT2D eigenvalue weighted by Gasteiger charge is -2.16. The zero-order valence-electron chi connectivity index (χ0n) is 10.6. The van der Waals surface area contributed by atoms with Gasteiger partial charge < -0.3 is 14.7 Å². The van der Waals surface area contributed by atoms with Gasteiger partial charge in [0, 0.05) is 26.1 Å². The topological polar surface area (TPSA) is 49.8 Å². The fourth-order valence-electron chi connectivity index (χ4n) is 2.33. The number of benzene rings is 1. The average molecular weight is 249 g/mol. The second-order valence-electron chi connectivity index (χ2n) is 4.70. The number of aliphatic hydroxyl groups excluding tert-OH is 1. The molecular weight excluding hydrogens is 230 g/mol. The Hall–Kier alpha value is -1.55. The van der Waals surface area contributed by atoms with E-state index in [2.05, 4.69) is 0 Å². The summed E-state index contributed by atoms with van der Waals surface area (Å²) < 4.78 is 5.10. The number of carbonyl (C=O) groups is 1. The number of methoxy groups -OCH3 is 1. The molecule has 18 heavy (non-hydrogen) atoms. The van der Waals surface area contributed by atoms with E-state index in [-0.39, 0.29) is 12.5 Å². The summed E-state index contributed by atoms with van der Waals surface area (Å²) in [6, 6.07) is 7.76. The lowest BCUT2D eigenvalue weighted by atomic mass is 10.1. The molecule has 0 bridgehead atoms. The van der Waals surface area contributed by atoms with Crippen LogP contribution in [0.1, 0.15) is 18.4 Å². The first-order valence-electron chi connectivity index (χ1n) is 6.24. The number of nitrogens with zero attached hydrogens (tertiary/aromatic N) is 1. The summed E-state index contributed by atoms with van der Waals surface area (Å²) in [5, 5.41) is 8.90. The van der Waals surface area contributed by atoms with Crippen molar-refractivity contribution in [2.45, 2.75) is 19.4 Å². The van der Waals surface area contributed by atoms with Crippen molar-refractivity contribution >= 4 is 5.91 Å². The van der Waals surface area contributed by atoms with Crippen LogP contribution in [-0.2, 0) is 11.3 Å². The molecule has 1 heterocycles. The third-order valence-corrected chi connectivity index (χ3v) is 3.36. The van der Waals surface area contributed by atoms with E-state index in [1.54, 1.807) is 7.11 Å². The van der Waals surface area contributed by atoms with Crippen LogP contribution in [0.2, 0.25) is 0 Å². The Kier molecular flexibility index (Phi) is 4.20. The van der Waals surface area contributed by atoms with Crippen LogP contribution in [0.3, 0.4) is 0 Å². The van der Waals surface area contributed by atoms with Crippen LogP contribution >= 0.6 is 0 Å². The van der Waals surface area contributed by atoms with Gasteiger partial charge in [0.2, 0.25) is 5.91 Å². The smallest absolute Gasteiger partial charge is 0.223 e. The maximum Gasteiger partial charge on any atom is 0.223 e. The predicted octanol–water partition coefficient (Wildman–Crippen LogP) is 1.43. The van der Waals surface area contributed by atoms with Gasteiger partial charge in [-0.2, -0.15) is 0 Å². The highest BCUT2D eigenvalue weighted by molar-refractivity contribution is 5.78. The fourth-order valence-corrected chi connectivity index (χ4v) is 2.33. The van der Waals surface area contributed by atoms with Crippen molar-refractivity contribution in [3.8, 4) is 5.75 Å². The summed E-state index contributed by atoms with van der Waals surface area (Å²) in [5.41, 5.74) is 1.11. The van der Waals surface area contributed by atoms with Crippen molar-refractivity contribution in [3.63, 3.8) is 0 Å². The zero-order valence-corrected chi connectivity index (χ0v) is 10.6. The molecule has 98 valence electrons. The van der Waals surface area contributed by atoms with Crippen molar-refractivity contribution < 1.29 is 14.6 Å². The molecule has 1 aromatic rings. The third-order valence-electron chi connectivity index (χ3n) is 3.36. The molecule has 0 aromatic heterocycles. The lowest BCUT2D eigenvalue weighted by Crippen LogP contribution is -2.24. The molecule has 4 heteroatoms. The lowest BCUT2D eigenvalue weighted by molar-refractivity contribution is -0.128. The number of carbonyl (C=O) groups excluding carboxylic acids is 1. The van der Waals surface area contributed by atoms with E-state index in [1.807, 2.05) is 29.2 Å². The van der Waals surface area contributed by atoms with Gasteiger partial charge in [-0.05, 0) is 30.0 Å². The van der Waals surface area contributed by atoms with Crippen molar-refractivity contribution in [2.75, 3.05) is 20.3 Å². The highest BCUT2D eigenvalue weighted by atomic mass is 16.5. The molecule has 0 spiro atoms. The molecule has 0 saturated carbocycles. The molecule has 1 saturated heterocycles. The monoisotopic (exact) mass is 249 g/mol. The molecule has 1 atom stereocenters. The minimum atomic E-state index is 0.161. The molecule has 1 amide bonds. The first-order chi connectivity index (χ1) is 8.72. The van der Waals surface area contributed by atoms with Crippen molar-refractivity contribution in [1.82, 2.24) is 4.90 Å². The molecule has 4 nitrogen and oxygen atoms in total. The summed E-state index contributed by atoms with van der Waals surface area (Å²) in [7, 11) is 1.64. The molecule has 0 unspecified atom stereocenters. The van der Waals surface area contributed by atoms with Crippen molar-refractivity contribution in [1.29, 1.82) is 0 Å². The predicted molar refractivity (Wildman–Crippen MR) is 68.2 cm³/mol. The van der Waals surface area contributed by atoms with Crippen LogP contribution in [0.25, 0.3) is 0 Å². The van der Waals surface area contributed by atoms with Gasteiger partial charge in [-0.25, -0.2) is 0 Å². The minimum absolute atomic E-state index is 0.161. The largest absolute Gasteiger partial charge is 0.497 e. The molecule has 1 aliphatic rings. The number of amides is 1. The van der Waals surface area contributed by atoms with Gasteiger partial charge in [0.15, 0.2) is 0 Å². The van der Waals surface area contributed by atoms with Crippen LogP contribution in [0.5, 0.6) is 5.75 Å². The fraction of sp³-hybridized carbons (Fsp3) is 0.500. The Bertz CT molecular complexity index is 402. The first kappa shape index (κ1) is 12.9. The maximum absolute atomic E-state index is 11.8. The van der Waals surface area contributed by atoms with Gasteiger partial charge in [0.25, 0.3) is 0 Å². The summed E-state index contributed by atoms with van der Waals surface area (Å²) >= 11 is 0. The second kappa shape index (κ2) is 5.87. The maximum atomic E-state index is 11.8. The summed E-state index contributed by atoms with van der Waals surface area (Å²) in [6.45, 7) is 1.56. The number of rotatable bonds is 5. The number of aliphatic hydroxyl groups is 1. The zero-order chi connectivity index (χ0) is 13.0. The van der Waals surface area contributed by atoms with E-state index in [9.17, 15) is 4.79 Å². The summed E-state index contributed by atoms with van der Waals surface area (Å²) in [4.78, 5) is 13.7. The molecular formula is C14H19NO3. The Morgan fingerprint density at radius 2 is 2.11 bits per heavy atom. The van der Waals surface area contributed by atoms with Gasteiger partial charge >= 0.3 is 0 Å². The molecule has 1 aromatic carbocycles. The second-order valence-corrected chi connectivity index (χ2v) is 4.70. The molecule has 1 aliphatic heterocycles. The molecule has 1 N–H and O–H groups in total.